The average Bonchev–Trinajstić information content (AvgIpc) is 3.95. The van der Waals surface area contributed by atoms with Gasteiger partial charge in [-0.15, -0.1) is 11.3 Å². The number of likely N-dealkylation sites (tertiary alicyclic amines) is 1. The first-order valence-corrected chi connectivity index (χ1v) is 26.9. The molecule has 1 aliphatic heterocycles. The zero-order chi connectivity index (χ0) is 52.3. The third-order valence-electron chi connectivity index (χ3n) is 13.9. The molecule has 0 bridgehead atoms. The van der Waals surface area contributed by atoms with Crippen LogP contribution in [0.5, 0.6) is 11.5 Å². The van der Waals surface area contributed by atoms with Gasteiger partial charge in [-0.05, 0) is 71.0 Å². The molecule has 1 saturated carbocycles. The summed E-state index contributed by atoms with van der Waals surface area (Å²) in [6.45, 7) is 15.4. The number of amides is 3. The molecule has 4 aromatic carbocycles. The molecule has 5 aromatic rings. The van der Waals surface area contributed by atoms with E-state index in [0.29, 0.717) is 27.6 Å². The van der Waals surface area contributed by atoms with Crippen molar-refractivity contribution in [2.45, 2.75) is 99.1 Å². The molecule has 3 N–H and O–H groups in total. The summed E-state index contributed by atoms with van der Waals surface area (Å²) in [5, 5.41) is 26.3. The van der Waals surface area contributed by atoms with Crippen molar-refractivity contribution in [2.24, 2.45) is 22.2 Å². The van der Waals surface area contributed by atoms with E-state index in [1.54, 1.807) is 80.1 Å². The van der Waals surface area contributed by atoms with Crippen LogP contribution in [0.2, 0.25) is 5.02 Å². The molecular weight excluding hydrogens is 974 g/mol. The van der Waals surface area contributed by atoms with Gasteiger partial charge in [0.05, 0.1) is 38.5 Å². The molecule has 0 unspecified atom stereocenters. The van der Waals surface area contributed by atoms with E-state index in [1.165, 1.54) is 4.90 Å². The lowest BCUT2D eigenvalue weighted by Crippen LogP contribution is -2.74. The first kappa shape index (κ1) is 53.7. The molecule has 1 aliphatic carbocycles. The Morgan fingerprint density at radius 1 is 0.931 bits per heavy atom. The molecule has 2 aliphatic rings. The molecule has 380 valence electrons. The molecule has 0 spiro atoms. The minimum Gasteiger partial charge on any atom is -0.493 e. The zero-order valence-corrected chi connectivity index (χ0v) is 44.2. The largest absolute Gasteiger partial charge is 0.493 e. The molecule has 1 saturated heterocycles. The molecule has 14 nitrogen and oxygen atoms in total. The van der Waals surface area contributed by atoms with Crippen molar-refractivity contribution in [1.29, 1.82) is 5.26 Å². The maximum absolute atomic E-state index is 14.1. The van der Waals surface area contributed by atoms with Gasteiger partial charge in [-0.3, -0.25) is 19.2 Å². The van der Waals surface area contributed by atoms with Crippen LogP contribution >= 0.6 is 22.9 Å². The number of ether oxygens (including phenoxy) is 2. The summed E-state index contributed by atoms with van der Waals surface area (Å²) in [4.78, 5) is 61.2. The molecule has 2 fully saturated rings. The number of aliphatic hydroxyl groups excluding tert-OH is 1. The van der Waals surface area contributed by atoms with E-state index in [4.69, 9.17) is 21.1 Å². The van der Waals surface area contributed by atoms with Gasteiger partial charge in [0.1, 0.15) is 47.9 Å². The number of aromatic nitrogens is 1. The number of ketones is 1. The smallest absolute Gasteiger partial charge is 0.251 e. The summed E-state index contributed by atoms with van der Waals surface area (Å²) in [7, 11) is -3.93. The lowest BCUT2D eigenvalue weighted by atomic mass is 9.49. The van der Waals surface area contributed by atoms with E-state index in [0.717, 1.165) is 32.8 Å². The number of rotatable bonds is 18. The number of benzene rings is 4. The van der Waals surface area contributed by atoms with Gasteiger partial charge in [-0.25, -0.2) is 13.4 Å². The van der Waals surface area contributed by atoms with Gasteiger partial charge >= 0.3 is 0 Å². The van der Waals surface area contributed by atoms with Crippen LogP contribution in [0.25, 0.3) is 21.6 Å². The number of Topliss-reactive ketones (excluding diaryl/α,β-unsaturated/α-hetero) is 1. The van der Waals surface area contributed by atoms with Crippen LogP contribution in [0.1, 0.15) is 88.5 Å². The Kier molecular flexibility index (Phi) is 16.1. The van der Waals surface area contributed by atoms with Gasteiger partial charge in [0.2, 0.25) is 11.8 Å². The number of aliphatic hydroxyl groups is 1. The molecule has 7 rings (SSSR count). The predicted octanol–water partition coefficient (Wildman–Crippen LogP) is 8.62. The van der Waals surface area contributed by atoms with Crippen LogP contribution in [0.3, 0.4) is 0 Å². The van der Waals surface area contributed by atoms with Gasteiger partial charge in [0, 0.05) is 60.4 Å². The van der Waals surface area contributed by atoms with Crippen molar-refractivity contribution >= 4 is 56.3 Å². The number of nitriles is 1. The fourth-order valence-corrected chi connectivity index (χ4v) is 12.3. The third kappa shape index (κ3) is 12.2. The molecule has 1 aromatic heterocycles. The van der Waals surface area contributed by atoms with Gasteiger partial charge in [-0.1, -0.05) is 109 Å². The molecule has 3 atom stereocenters. The molecule has 0 radical (unpaired) electrons. The summed E-state index contributed by atoms with van der Waals surface area (Å²) in [6.07, 6.45) is -1.50. The zero-order valence-electron chi connectivity index (χ0n) is 41.8. The van der Waals surface area contributed by atoms with E-state index >= 15 is 0 Å². The second kappa shape index (κ2) is 21.5. The second-order valence-electron chi connectivity index (χ2n) is 21.1. The maximum Gasteiger partial charge on any atom is 0.251 e. The minimum atomic E-state index is -3.93. The number of hydrogen-bond donors (Lipinski definition) is 3. The van der Waals surface area contributed by atoms with E-state index in [-0.39, 0.29) is 50.6 Å². The van der Waals surface area contributed by atoms with Crippen molar-refractivity contribution in [3.05, 3.63) is 124 Å². The highest BCUT2D eigenvalue weighted by molar-refractivity contribution is 7.92. The van der Waals surface area contributed by atoms with Crippen LogP contribution in [0.4, 0.5) is 0 Å². The Hall–Kier alpha value is -6.12. The maximum atomic E-state index is 14.1. The van der Waals surface area contributed by atoms with Crippen molar-refractivity contribution in [3.8, 4) is 39.1 Å². The van der Waals surface area contributed by atoms with Gasteiger partial charge < -0.3 is 30.1 Å². The predicted molar refractivity (Wildman–Crippen MR) is 278 cm³/mol. The lowest BCUT2D eigenvalue weighted by molar-refractivity contribution is -0.164. The average molecular weight is 1040 g/mol. The number of β-amino-alcohol motifs (C(OH)–C–C–N with tert-alkyl or cyclic N) is 1. The number of hydrogen-bond acceptors (Lipinski definition) is 12. The number of sulfone groups is 1. The minimum absolute atomic E-state index is 0.0363. The summed E-state index contributed by atoms with van der Waals surface area (Å²) in [5.74, 6) is -2.94. The Morgan fingerprint density at radius 2 is 1.54 bits per heavy atom. The lowest BCUT2D eigenvalue weighted by Gasteiger charge is -2.63. The Morgan fingerprint density at radius 3 is 2.12 bits per heavy atom. The highest BCUT2D eigenvalue weighted by Crippen LogP contribution is 2.55. The number of halogens is 1. The number of aryl methyl sites for hydroxylation is 1. The Labute approximate surface area is 431 Å². The van der Waals surface area contributed by atoms with E-state index in [1.807, 2.05) is 83.1 Å². The van der Waals surface area contributed by atoms with Crippen LogP contribution < -0.4 is 20.1 Å². The molecule has 72 heavy (non-hydrogen) atoms. The number of carbonyl (C=O) groups is 4. The fraction of sp³-hybridized carbons (Fsp3) is 0.418. The number of thiazole rings is 1. The highest BCUT2D eigenvalue weighted by Gasteiger charge is 2.64. The summed E-state index contributed by atoms with van der Waals surface area (Å²) < 4.78 is 38.5. The standard InChI is InChI=1S/C55H62ClN5O9S2/c1-33-47(71-32-59-33)37-11-9-34(10-12-37)29-58-49(65)46-26-40(62)30-61(46)50(66)44(53(2,3)4)25-41(63)31-72(67,68)24-23-69-42-20-17-36(18-21-42)35-13-15-38(16-14-35)48(64)60-51-54(5,6)52(55(51,7)8)70-43-22-19-39(28-57)45(56)27-43/h9-22,27,32,40,44,46,51-52,62H,23-26,29-31H2,1-8H3,(H,58,65)(H,60,64)/t40-,44-,46+,51-,52-/m1/s1. The third-order valence-corrected chi connectivity index (χ3v) is 16.7. The fourth-order valence-electron chi connectivity index (χ4n) is 10.2. The van der Waals surface area contributed by atoms with Crippen molar-refractivity contribution in [3.63, 3.8) is 0 Å². The Bertz CT molecular complexity index is 2950. The van der Waals surface area contributed by atoms with Crippen molar-refractivity contribution in [2.75, 3.05) is 24.7 Å². The van der Waals surface area contributed by atoms with E-state index in [2.05, 4.69) is 21.7 Å². The van der Waals surface area contributed by atoms with E-state index in [9.17, 15) is 38.0 Å². The van der Waals surface area contributed by atoms with Gasteiger partial charge in [0.25, 0.3) is 5.91 Å². The monoisotopic (exact) mass is 1040 g/mol. The normalized spacial score (nSPS) is 19.6. The van der Waals surface area contributed by atoms with Crippen molar-refractivity contribution < 1.29 is 42.2 Å². The summed E-state index contributed by atoms with van der Waals surface area (Å²) in [5.41, 5.74) is 5.55. The molecular formula is C55H62ClN5O9S2. The van der Waals surface area contributed by atoms with Crippen LogP contribution in [-0.2, 0) is 30.8 Å². The first-order chi connectivity index (χ1) is 33.9. The van der Waals surface area contributed by atoms with Crippen molar-refractivity contribution in [1.82, 2.24) is 20.5 Å². The number of carbonyl (C=O) groups excluding carboxylic acids is 4. The number of nitrogens with zero attached hydrogens (tertiary/aromatic N) is 3. The van der Waals surface area contributed by atoms with Gasteiger partial charge in [0.15, 0.2) is 9.84 Å². The molecule has 2 heterocycles. The Balaban J connectivity index is 0.872. The summed E-state index contributed by atoms with van der Waals surface area (Å²) >= 11 is 7.79. The van der Waals surface area contributed by atoms with Crippen LogP contribution in [0.15, 0.2) is 96.5 Å². The van der Waals surface area contributed by atoms with E-state index < -0.39 is 73.2 Å². The second-order valence-corrected chi connectivity index (χ2v) is 24.5. The highest BCUT2D eigenvalue weighted by atomic mass is 35.5. The van der Waals surface area contributed by atoms with Crippen LogP contribution in [0, 0.1) is 40.4 Å². The molecule has 17 heteroatoms. The topological polar surface area (TPSA) is 205 Å². The SMILES string of the molecule is Cc1ncsc1-c1ccc(CNC(=O)[C@@H]2C[C@@H](O)CN2C(=O)[C@@H](CC(=O)CS(=O)(=O)CCOc2ccc(-c3ccc(C(=O)N[C@H]4C(C)(C)[C@H](Oc5ccc(C#N)c(Cl)c5)C4(C)C)cc3)cc2)C(C)(C)C)cc1. The van der Waals surface area contributed by atoms with Gasteiger partial charge in [-0.2, -0.15) is 5.26 Å². The number of nitrogens with one attached hydrogen (secondary N) is 2. The first-order valence-electron chi connectivity index (χ1n) is 23.9. The molecule has 3 amide bonds. The quantitative estimate of drug-likeness (QED) is 0.0758. The van der Waals surface area contributed by atoms with Crippen LogP contribution in [-0.4, -0.2) is 95.9 Å². The summed E-state index contributed by atoms with van der Waals surface area (Å²) in [6, 6.07) is 27.9.